The molecule has 2 heterocycles. The summed E-state index contributed by atoms with van der Waals surface area (Å²) in [6, 6.07) is 11.9. The second kappa shape index (κ2) is 5.28. The molecule has 0 fully saturated rings. The number of rotatable bonds is 3. The van der Waals surface area contributed by atoms with Crippen LogP contribution in [0.1, 0.15) is 16.2 Å². The fraction of sp³-hybridized carbons (Fsp3) is 0.0667. The molecule has 3 rings (SSSR count). The number of amides is 1. The largest absolute Gasteiger partial charge is 0.321 e. The van der Waals surface area contributed by atoms with Crippen LogP contribution < -0.4 is 5.32 Å². The molecule has 110 valence electrons. The second-order valence-corrected chi connectivity index (χ2v) is 4.74. The molecule has 0 bridgehead atoms. The smallest absolute Gasteiger partial charge is 0.288 e. The Balaban J connectivity index is 1.97. The third-order valence-corrected chi connectivity index (χ3v) is 3.32. The number of hydrogen-bond donors (Lipinski definition) is 1. The molecule has 0 aliphatic heterocycles. The van der Waals surface area contributed by atoms with Crippen LogP contribution in [0.15, 0.2) is 48.7 Å². The van der Waals surface area contributed by atoms with Crippen LogP contribution in [-0.4, -0.2) is 20.2 Å². The molecule has 2 aromatic heterocycles. The second-order valence-electron chi connectivity index (χ2n) is 4.74. The number of aromatic nitrogens is 2. The molecule has 0 aliphatic carbocycles. The van der Waals surface area contributed by atoms with Crippen LogP contribution >= 0.6 is 0 Å². The van der Waals surface area contributed by atoms with Gasteiger partial charge in [-0.1, -0.05) is 18.2 Å². The van der Waals surface area contributed by atoms with Gasteiger partial charge in [0.1, 0.15) is 11.3 Å². The average molecular weight is 296 g/mol. The zero-order valence-corrected chi connectivity index (χ0v) is 11.7. The van der Waals surface area contributed by atoms with Crippen molar-refractivity contribution in [3.8, 4) is 0 Å². The van der Waals surface area contributed by atoms with Gasteiger partial charge in [0, 0.05) is 18.0 Å². The third-order valence-electron chi connectivity index (χ3n) is 3.32. The number of nitro groups is 1. The van der Waals surface area contributed by atoms with Crippen LogP contribution in [0.25, 0.3) is 5.65 Å². The summed E-state index contributed by atoms with van der Waals surface area (Å²) in [6.45, 7) is 1.62. The van der Waals surface area contributed by atoms with Gasteiger partial charge >= 0.3 is 0 Å². The van der Waals surface area contributed by atoms with Crippen LogP contribution in [0.5, 0.6) is 0 Å². The number of hydrogen-bond acceptors (Lipinski definition) is 4. The lowest BCUT2D eigenvalue weighted by Gasteiger charge is -2.01. The predicted molar refractivity (Wildman–Crippen MR) is 81.0 cm³/mol. The van der Waals surface area contributed by atoms with Crippen LogP contribution in [0, 0.1) is 17.0 Å². The zero-order chi connectivity index (χ0) is 15.7. The molecule has 22 heavy (non-hydrogen) atoms. The van der Waals surface area contributed by atoms with E-state index in [-0.39, 0.29) is 17.3 Å². The fourth-order valence-electron chi connectivity index (χ4n) is 2.20. The summed E-state index contributed by atoms with van der Waals surface area (Å²) in [4.78, 5) is 26.9. The first-order chi connectivity index (χ1) is 10.6. The number of pyridine rings is 1. The quantitative estimate of drug-likeness (QED) is 0.594. The first-order valence-electron chi connectivity index (χ1n) is 6.56. The monoisotopic (exact) mass is 296 g/mol. The number of carbonyl (C=O) groups excluding carboxylic acids is 1. The molecule has 1 N–H and O–H groups in total. The molecule has 0 aliphatic rings. The Morgan fingerprint density at radius 3 is 2.64 bits per heavy atom. The molecule has 0 atom stereocenters. The lowest BCUT2D eigenvalue weighted by atomic mass is 10.3. The lowest BCUT2D eigenvalue weighted by Crippen LogP contribution is -2.12. The summed E-state index contributed by atoms with van der Waals surface area (Å²) >= 11 is 0. The summed E-state index contributed by atoms with van der Waals surface area (Å²) in [7, 11) is 0. The fourth-order valence-corrected chi connectivity index (χ4v) is 2.20. The van der Waals surface area contributed by atoms with Crippen molar-refractivity contribution in [2.45, 2.75) is 6.92 Å². The Bertz CT molecular complexity index is 871. The summed E-state index contributed by atoms with van der Waals surface area (Å²) in [5.74, 6) is -0.364. The molecule has 0 spiro atoms. The Hall–Kier alpha value is -3.22. The molecule has 0 radical (unpaired) electrons. The van der Waals surface area contributed by atoms with Crippen LogP contribution in [0.2, 0.25) is 0 Å². The van der Waals surface area contributed by atoms with Gasteiger partial charge in [-0.2, -0.15) is 0 Å². The standard InChI is InChI=1S/C15H12N4O3/c1-10-13(19(21)22)7-8-14-17-12(9-18(10)14)15(20)16-11-5-3-2-4-6-11/h2-9H,1H3,(H,16,20). The number of nitrogens with zero attached hydrogens (tertiary/aromatic N) is 3. The van der Waals surface area contributed by atoms with Gasteiger partial charge in [0.05, 0.1) is 10.6 Å². The van der Waals surface area contributed by atoms with E-state index < -0.39 is 4.92 Å². The Labute approximate surface area is 125 Å². The number of aryl methyl sites for hydroxylation is 1. The molecule has 0 saturated carbocycles. The minimum Gasteiger partial charge on any atom is -0.321 e. The van der Waals surface area contributed by atoms with E-state index in [0.29, 0.717) is 17.0 Å². The van der Waals surface area contributed by atoms with E-state index in [4.69, 9.17) is 0 Å². The van der Waals surface area contributed by atoms with Crippen molar-refractivity contribution in [1.29, 1.82) is 0 Å². The third kappa shape index (κ3) is 2.39. The van der Waals surface area contributed by atoms with Gasteiger partial charge < -0.3 is 5.32 Å². The highest BCUT2D eigenvalue weighted by atomic mass is 16.6. The van der Waals surface area contributed by atoms with E-state index >= 15 is 0 Å². The molecule has 0 unspecified atom stereocenters. The molecule has 1 amide bonds. The van der Waals surface area contributed by atoms with Crippen molar-refractivity contribution in [3.63, 3.8) is 0 Å². The number of imidazole rings is 1. The number of anilines is 1. The lowest BCUT2D eigenvalue weighted by molar-refractivity contribution is -0.385. The van der Waals surface area contributed by atoms with Crippen molar-refractivity contribution in [2.24, 2.45) is 0 Å². The summed E-state index contributed by atoms with van der Waals surface area (Å²) in [6.07, 6.45) is 1.50. The highest BCUT2D eigenvalue weighted by Gasteiger charge is 2.17. The van der Waals surface area contributed by atoms with Crippen LogP contribution in [0.3, 0.4) is 0 Å². The summed E-state index contributed by atoms with van der Waals surface area (Å²) in [5, 5.41) is 13.7. The molecular weight excluding hydrogens is 284 g/mol. The molecule has 7 nitrogen and oxygen atoms in total. The average Bonchev–Trinajstić information content (AvgIpc) is 2.93. The van der Waals surface area contributed by atoms with Crippen molar-refractivity contribution in [3.05, 3.63) is 70.2 Å². The Morgan fingerprint density at radius 1 is 1.23 bits per heavy atom. The number of nitrogens with one attached hydrogen (secondary N) is 1. The predicted octanol–water partition coefficient (Wildman–Crippen LogP) is 2.80. The highest BCUT2D eigenvalue weighted by Crippen LogP contribution is 2.20. The SMILES string of the molecule is Cc1c([N+](=O)[O-])ccc2nc(C(=O)Nc3ccccc3)cn12. The maximum absolute atomic E-state index is 12.2. The number of para-hydroxylation sites is 1. The van der Waals surface area contributed by atoms with E-state index in [1.54, 1.807) is 19.1 Å². The van der Waals surface area contributed by atoms with E-state index in [1.165, 1.54) is 22.7 Å². The minimum absolute atomic E-state index is 0.0140. The van der Waals surface area contributed by atoms with Gasteiger partial charge in [-0.05, 0) is 25.1 Å². The van der Waals surface area contributed by atoms with Gasteiger partial charge in [-0.15, -0.1) is 0 Å². The molecule has 0 saturated heterocycles. The van der Waals surface area contributed by atoms with Gasteiger partial charge in [0.2, 0.25) is 0 Å². The van der Waals surface area contributed by atoms with Crippen LogP contribution in [0.4, 0.5) is 11.4 Å². The topological polar surface area (TPSA) is 89.5 Å². The van der Waals surface area contributed by atoms with E-state index in [0.717, 1.165) is 0 Å². The zero-order valence-electron chi connectivity index (χ0n) is 11.7. The van der Waals surface area contributed by atoms with Gasteiger partial charge in [-0.25, -0.2) is 4.98 Å². The normalized spacial score (nSPS) is 10.6. The van der Waals surface area contributed by atoms with E-state index in [9.17, 15) is 14.9 Å². The van der Waals surface area contributed by atoms with Gasteiger partial charge in [-0.3, -0.25) is 19.3 Å². The maximum atomic E-state index is 12.2. The first kappa shape index (κ1) is 13.7. The van der Waals surface area contributed by atoms with Crippen molar-refractivity contribution < 1.29 is 9.72 Å². The van der Waals surface area contributed by atoms with Crippen molar-refractivity contribution in [1.82, 2.24) is 9.38 Å². The summed E-state index contributed by atoms with van der Waals surface area (Å²) in [5.41, 5.74) is 1.76. The first-order valence-corrected chi connectivity index (χ1v) is 6.56. The number of fused-ring (bicyclic) bond motifs is 1. The maximum Gasteiger partial charge on any atom is 0.288 e. The van der Waals surface area contributed by atoms with Crippen LogP contribution in [-0.2, 0) is 0 Å². The van der Waals surface area contributed by atoms with E-state index in [1.807, 2.05) is 18.2 Å². The number of benzene rings is 1. The Morgan fingerprint density at radius 2 is 1.95 bits per heavy atom. The molecule has 1 aromatic carbocycles. The van der Waals surface area contributed by atoms with E-state index in [2.05, 4.69) is 10.3 Å². The number of carbonyl (C=O) groups is 1. The molecule has 7 heteroatoms. The minimum atomic E-state index is -0.460. The van der Waals surface area contributed by atoms with Gasteiger partial charge in [0.15, 0.2) is 0 Å². The highest BCUT2D eigenvalue weighted by molar-refractivity contribution is 6.03. The molecular formula is C15H12N4O3. The van der Waals surface area contributed by atoms with Gasteiger partial charge in [0.25, 0.3) is 11.6 Å². The Kier molecular flexibility index (Phi) is 3.30. The summed E-state index contributed by atoms with van der Waals surface area (Å²) < 4.78 is 1.54. The van der Waals surface area contributed by atoms with Crippen molar-refractivity contribution >= 4 is 22.9 Å². The van der Waals surface area contributed by atoms with Crippen molar-refractivity contribution in [2.75, 3.05) is 5.32 Å². The molecule has 3 aromatic rings.